The zero-order valence-electron chi connectivity index (χ0n) is 12.4. The number of rotatable bonds is 6. The summed E-state index contributed by atoms with van der Waals surface area (Å²) in [6.45, 7) is 0. The molecule has 22 heavy (non-hydrogen) atoms. The summed E-state index contributed by atoms with van der Waals surface area (Å²) in [6.07, 6.45) is 2.38. The second-order valence-corrected chi connectivity index (χ2v) is 12.4. The lowest BCUT2D eigenvalue weighted by molar-refractivity contribution is 1.06. The van der Waals surface area contributed by atoms with Crippen molar-refractivity contribution in [1.82, 2.24) is 0 Å². The van der Waals surface area contributed by atoms with Gasteiger partial charge >= 0.3 is 0 Å². The lowest BCUT2D eigenvalue weighted by Gasteiger charge is -2.12. The molecule has 0 saturated carbocycles. The molecule has 3 rings (SSSR count). The van der Waals surface area contributed by atoms with Crippen LogP contribution in [0.3, 0.4) is 0 Å². The summed E-state index contributed by atoms with van der Waals surface area (Å²) >= 11 is 17.3. The van der Waals surface area contributed by atoms with Gasteiger partial charge in [-0.25, -0.2) is 0 Å². The van der Waals surface area contributed by atoms with Crippen LogP contribution in [-0.4, -0.2) is 42.7 Å². The van der Waals surface area contributed by atoms with Gasteiger partial charge in [0.05, 0.1) is 9.16 Å². The van der Waals surface area contributed by atoms with Crippen LogP contribution in [0.1, 0.15) is 11.1 Å². The Morgan fingerprint density at radius 1 is 0.864 bits per heavy atom. The standard InChI is InChI=1S/C16H22S6/c17-7-13-9-19-15(21-13)5-11-2-1-3-12(4-11)6-16-20-10-14(8-18)22-16/h1-4,13-18H,5-10H2. The van der Waals surface area contributed by atoms with E-state index in [1.807, 2.05) is 0 Å². The molecule has 122 valence electrons. The van der Waals surface area contributed by atoms with Gasteiger partial charge in [0.2, 0.25) is 0 Å². The first kappa shape index (κ1) is 18.1. The van der Waals surface area contributed by atoms with Gasteiger partial charge in [-0.3, -0.25) is 0 Å². The quantitative estimate of drug-likeness (QED) is 0.639. The first-order chi connectivity index (χ1) is 10.8. The van der Waals surface area contributed by atoms with Crippen LogP contribution >= 0.6 is 72.3 Å². The molecular weight excluding hydrogens is 385 g/mol. The van der Waals surface area contributed by atoms with Gasteiger partial charge in [0.15, 0.2) is 0 Å². The van der Waals surface area contributed by atoms with E-state index in [4.69, 9.17) is 0 Å². The Morgan fingerprint density at radius 2 is 1.36 bits per heavy atom. The van der Waals surface area contributed by atoms with Crippen LogP contribution in [0.15, 0.2) is 24.3 Å². The molecule has 2 fully saturated rings. The van der Waals surface area contributed by atoms with Crippen molar-refractivity contribution in [1.29, 1.82) is 0 Å². The van der Waals surface area contributed by atoms with Gasteiger partial charge in [-0.05, 0) is 24.0 Å². The molecule has 2 saturated heterocycles. The van der Waals surface area contributed by atoms with E-state index in [0.29, 0.717) is 0 Å². The predicted molar refractivity (Wildman–Crippen MR) is 117 cm³/mol. The number of thioether (sulfide) groups is 4. The Kier molecular flexibility index (Phi) is 7.53. The molecule has 0 N–H and O–H groups in total. The minimum absolute atomic E-state index is 0.719. The van der Waals surface area contributed by atoms with E-state index in [-0.39, 0.29) is 0 Å². The molecule has 2 aliphatic rings. The summed E-state index contributed by atoms with van der Waals surface area (Å²) in [5.41, 5.74) is 3.00. The second-order valence-electron chi connectivity index (χ2n) is 5.64. The Morgan fingerprint density at radius 3 is 1.77 bits per heavy atom. The largest absolute Gasteiger partial charge is 0.178 e. The highest BCUT2D eigenvalue weighted by molar-refractivity contribution is 8.21. The predicted octanol–water partition coefficient (Wildman–Crippen LogP) is 4.98. The van der Waals surface area contributed by atoms with Crippen molar-refractivity contribution in [2.75, 3.05) is 23.0 Å². The topological polar surface area (TPSA) is 0 Å². The van der Waals surface area contributed by atoms with Crippen molar-refractivity contribution in [2.45, 2.75) is 32.5 Å². The summed E-state index contributed by atoms with van der Waals surface area (Å²) in [4.78, 5) is 0. The third-order valence-corrected chi connectivity index (χ3v) is 11.8. The lowest BCUT2D eigenvalue weighted by atomic mass is 10.1. The Labute approximate surface area is 162 Å². The van der Waals surface area contributed by atoms with Crippen LogP contribution in [0.25, 0.3) is 0 Å². The summed E-state index contributed by atoms with van der Waals surface area (Å²) in [7, 11) is 0. The number of thiol groups is 2. The Balaban J connectivity index is 1.54. The van der Waals surface area contributed by atoms with Crippen LogP contribution in [0.4, 0.5) is 0 Å². The van der Waals surface area contributed by atoms with Crippen molar-refractivity contribution in [2.24, 2.45) is 0 Å². The second kappa shape index (κ2) is 9.14. The van der Waals surface area contributed by atoms with Crippen LogP contribution in [0.2, 0.25) is 0 Å². The van der Waals surface area contributed by atoms with E-state index in [1.54, 1.807) is 0 Å². The normalized spacial score (nSPS) is 31.7. The average molecular weight is 407 g/mol. The fraction of sp³-hybridized carbons (Fsp3) is 0.625. The van der Waals surface area contributed by atoms with E-state index >= 15 is 0 Å². The fourth-order valence-electron chi connectivity index (χ4n) is 2.69. The van der Waals surface area contributed by atoms with Gasteiger partial charge < -0.3 is 0 Å². The van der Waals surface area contributed by atoms with Gasteiger partial charge in [-0.1, -0.05) is 24.3 Å². The van der Waals surface area contributed by atoms with Crippen molar-refractivity contribution in [3.05, 3.63) is 35.4 Å². The highest BCUT2D eigenvalue weighted by Crippen LogP contribution is 2.41. The molecule has 0 bridgehead atoms. The van der Waals surface area contributed by atoms with Crippen molar-refractivity contribution in [3.8, 4) is 0 Å². The maximum absolute atomic E-state index is 4.43. The molecule has 0 amide bonds. The smallest absolute Gasteiger partial charge is 0.0546 e. The van der Waals surface area contributed by atoms with Gasteiger partial charge in [0.1, 0.15) is 0 Å². The van der Waals surface area contributed by atoms with Crippen LogP contribution < -0.4 is 0 Å². The molecule has 4 atom stereocenters. The molecule has 0 aliphatic carbocycles. The molecule has 1 aromatic rings. The summed E-state index contributed by atoms with van der Waals surface area (Å²) in [5.74, 6) is 4.55. The number of hydrogen-bond acceptors (Lipinski definition) is 6. The number of hydrogen-bond donors (Lipinski definition) is 2. The van der Waals surface area contributed by atoms with Gasteiger partial charge in [0.25, 0.3) is 0 Å². The summed E-state index contributed by atoms with van der Waals surface area (Å²) < 4.78 is 1.44. The SMILES string of the molecule is SCC1CSC(Cc2cccc(CC3SCC(CS)S3)c2)S1. The fourth-order valence-corrected chi connectivity index (χ4v) is 10.3. The molecule has 0 radical (unpaired) electrons. The Hall–Kier alpha value is 1.32. The molecule has 2 heterocycles. The molecule has 6 heteroatoms. The lowest BCUT2D eigenvalue weighted by Crippen LogP contribution is -2.05. The summed E-state index contributed by atoms with van der Waals surface area (Å²) in [6, 6.07) is 9.27. The minimum atomic E-state index is 0.719. The van der Waals surface area contributed by atoms with Crippen LogP contribution in [0, 0.1) is 0 Å². The van der Waals surface area contributed by atoms with Gasteiger partial charge in [-0.2, -0.15) is 25.3 Å². The van der Waals surface area contributed by atoms with Gasteiger partial charge in [0, 0.05) is 33.5 Å². The molecular formula is C16H22S6. The molecule has 0 nitrogen and oxygen atoms in total. The number of benzene rings is 1. The first-order valence-electron chi connectivity index (χ1n) is 7.60. The highest BCUT2D eigenvalue weighted by atomic mass is 32.2. The summed E-state index contributed by atoms with van der Waals surface area (Å²) in [5, 5.41) is 1.48. The van der Waals surface area contributed by atoms with E-state index in [9.17, 15) is 0 Å². The monoisotopic (exact) mass is 406 g/mol. The van der Waals surface area contributed by atoms with E-state index in [2.05, 4.69) is 96.6 Å². The maximum Gasteiger partial charge on any atom is 0.0546 e. The van der Waals surface area contributed by atoms with E-state index < -0.39 is 0 Å². The third-order valence-electron chi connectivity index (χ3n) is 3.83. The average Bonchev–Trinajstić information content (AvgIpc) is 3.16. The molecule has 1 aromatic carbocycles. The zero-order chi connectivity index (χ0) is 15.4. The van der Waals surface area contributed by atoms with E-state index in [1.165, 1.54) is 35.5 Å². The molecule has 0 spiro atoms. The van der Waals surface area contributed by atoms with Crippen molar-refractivity contribution in [3.63, 3.8) is 0 Å². The third kappa shape index (κ3) is 5.16. The first-order valence-corrected chi connectivity index (χ1v) is 12.9. The highest BCUT2D eigenvalue weighted by Gasteiger charge is 2.26. The Bertz CT molecular complexity index is 440. The molecule has 4 unspecified atom stereocenters. The molecule has 0 aromatic heterocycles. The van der Waals surface area contributed by atoms with E-state index in [0.717, 1.165) is 31.2 Å². The maximum atomic E-state index is 4.43. The molecule has 2 aliphatic heterocycles. The zero-order valence-corrected chi connectivity index (χ0v) is 17.4. The van der Waals surface area contributed by atoms with Crippen LogP contribution in [-0.2, 0) is 12.8 Å². The van der Waals surface area contributed by atoms with Crippen LogP contribution in [0.5, 0.6) is 0 Å². The minimum Gasteiger partial charge on any atom is -0.178 e. The van der Waals surface area contributed by atoms with Gasteiger partial charge in [-0.15, -0.1) is 47.0 Å². The van der Waals surface area contributed by atoms with Crippen molar-refractivity contribution >= 4 is 72.3 Å². The van der Waals surface area contributed by atoms with Crippen molar-refractivity contribution < 1.29 is 0 Å².